The molecule has 0 spiro atoms. The minimum atomic E-state index is -4.10. The fourth-order valence-electron chi connectivity index (χ4n) is 5.39. The minimum Gasteiger partial charge on any atom is -0.494 e. The van der Waals surface area contributed by atoms with Crippen molar-refractivity contribution in [1.29, 1.82) is 0 Å². The SMILES string of the molecule is CCOc1ccc(N(CC(=O)N(CCc2ccccc2)[C@@H](CC)C(=O)NC2CCCC2)S(=O)(=O)c2ccccc2)cc1. The second kappa shape index (κ2) is 14.9. The van der Waals surface area contributed by atoms with E-state index in [1.165, 1.54) is 12.1 Å². The zero-order valence-electron chi connectivity index (χ0n) is 24.4. The summed E-state index contributed by atoms with van der Waals surface area (Å²) in [6.45, 7) is 4.05. The monoisotopic (exact) mass is 591 g/mol. The van der Waals surface area contributed by atoms with E-state index < -0.39 is 28.5 Å². The zero-order chi connectivity index (χ0) is 30.0. The minimum absolute atomic E-state index is 0.0774. The summed E-state index contributed by atoms with van der Waals surface area (Å²) in [5.41, 5.74) is 1.36. The van der Waals surface area contributed by atoms with Crippen molar-refractivity contribution in [2.75, 3.05) is 24.0 Å². The van der Waals surface area contributed by atoms with E-state index >= 15 is 0 Å². The van der Waals surface area contributed by atoms with Crippen molar-refractivity contribution in [3.63, 3.8) is 0 Å². The van der Waals surface area contributed by atoms with Crippen molar-refractivity contribution < 1.29 is 22.7 Å². The number of anilines is 1. The Balaban J connectivity index is 1.66. The van der Waals surface area contributed by atoms with Crippen LogP contribution in [0.5, 0.6) is 5.75 Å². The number of sulfonamides is 1. The van der Waals surface area contributed by atoms with Crippen LogP contribution in [-0.4, -0.2) is 56.9 Å². The predicted molar refractivity (Wildman–Crippen MR) is 165 cm³/mol. The molecule has 1 saturated carbocycles. The van der Waals surface area contributed by atoms with Gasteiger partial charge in [-0.3, -0.25) is 13.9 Å². The molecule has 0 radical (unpaired) electrons. The van der Waals surface area contributed by atoms with Gasteiger partial charge in [0.2, 0.25) is 11.8 Å². The normalized spacial score (nSPS) is 14.2. The summed E-state index contributed by atoms with van der Waals surface area (Å²) in [6, 6.07) is 23.9. The van der Waals surface area contributed by atoms with Crippen LogP contribution in [0.4, 0.5) is 5.69 Å². The van der Waals surface area contributed by atoms with E-state index in [4.69, 9.17) is 4.74 Å². The second-order valence-electron chi connectivity index (χ2n) is 10.5. The highest BCUT2D eigenvalue weighted by Gasteiger charge is 2.34. The molecular formula is C33H41N3O5S. The topological polar surface area (TPSA) is 96.0 Å². The van der Waals surface area contributed by atoms with E-state index in [9.17, 15) is 18.0 Å². The van der Waals surface area contributed by atoms with Crippen molar-refractivity contribution in [3.8, 4) is 5.75 Å². The Morgan fingerprint density at radius 1 is 0.905 bits per heavy atom. The Hall–Kier alpha value is -3.85. The molecule has 42 heavy (non-hydrogen) atoms. The van der Waals surface area contributed by atoms with Crippen LogP contribution >= 0.6 is 0 Å². The number of rotatable bonds is 14. The Morgan fingerprint density at radius 2 is 1.52 bits per heavy atom. The molecule has 8 nitrogen and oxygen atoms in total. The summed E-state index contributed by atoms with van der Waals surface area (Å²) in [7, 11) is -4.10. The number of carbonyl (C=O) groups is 2. The van der Waals surface area contributed by atoms with Gasteiger partial charge in [0, 0.05) is 12.6 Å². The summed E-state index contributed by atoms with van der Waals surface area (Å²) < 4.78 is 34.5. The molecule has 1 aliphatic rings. The molecular weight excluding hydrogens is 550 g/mol. The van der Waals surface area contributed by atoms with Gasteiger partial charge in [-0.05, 0) is 74.6 Å². The van der Waals surface area contributed by atoms with Gasteiger partial charge in [-0.2, -0.15) is 0 Å². The number of nitrogens with zero attached hydrogens (tertiary/aromatic N) is 2. The Labute approximate surface area is 249 Å². The van der Waals surface area contributed by atoms with Gasteiger partial charge in [0.1, 0.15) is 18.3 Å². The van der Waals surface area contributed by atoms with E-state index in [-0.39, 0.29) is 23.4 Å². The summed E-state index contributed by atoms with van der Waals surface area (Å²) in [5.74, 6) is -0.0270. The molecule has 3 aromatic carbocycles. The van der Waals surface area contributed by atoms with Gasteiger partial charge >= 0.3 is 0 Å². The van der Waals surface area contributed by atoms with E-state index in [2.05, 4.69) is 5.32 Å². The van der Waals surface area contributed by atoms with Crippen LogP contribution in [0.1, 0.15) is 51.5 Å². The van der Waals surface area contributed by atoms with E-state index in [1.807, 2.05) is 44.2 Å². The lowest BCUT2D eigenvalue weighted by Gasteiger charge is -2.33. The third-order valence-electron chi connectivity index (χ3n) is 7.62. The summed E-state index contributed by atoms with van der Waals surface area (Å²) >= 11 is 0. The molecule has 224 valence electrons. The van der Waals surface area contributed by atoms with Gasteiger partial charge in [-0.15, -0.1) is 0 Å². The third-order valence-corrected chi connectivity index (χ3v) is 9.41. The lowest BCUT2D eigenvalue weighted by molar-refractivity contribution is -0.139. The maximum atomic E-state index is 14.2. The summed E-state index contributed by atoms with van der Waals surface area (Å²) in [6.07, 6.45) is 4.96. The van der Waals surface area contributed by atoms with Crippen molar-refractivity contribution in [1.82, 2.24) is 10.2 Å². The molecule has 0 bridgehead atoms. The van der Waals surface area contributed by atoms with Crippen molar-refractivity contribution in [3.05, 3.63) is 90.5 Å². The second-order valence-corrected chi connectivity index (χ2v) is 12.4. The molecule has 1 N–H and O–H groups in total. The maximum Gasteiger partial charge on any atom is 0.264 e. The largest absolute Gasteiger partial charge is 0.494 e. The van der Waals surface area contributed by atoms with Crippen LogP contribution in [-0.2, 0) is 26.0 Å². The fraction of sp³-hybridized carbons (Fsp3) is 0.394. The molecule has 0 unspecified atom stereocenters. The highest BCUT2D eigenvalue weighted by molar-refractivity contribution is 7.92. The quantitative estimate of drug-likeness (QED) is 0.278. The van der Waals surface area contributed by atoms with Gasteiger partial charge in [0.15, 0.2) is 0 Å². The van der Waals surface area contributed by atoms with E-state index in [0.29, 0.717) is 30.9 Å². The summed E-state index contributed by atoms with van der Waals surface area (Å²) in [5, 5.41) is 3.14. The van der Waals surface area contributed by atoms with Crippen LogP contribution in [0, 0.1) is 0 Å². The molecule has 0 aliphatic heterocycles. The van der Waals surface area contributed by atoms with Crippen LogP contribution < -0.4 is 14.4 Å². The molecule has 1 atom stereocenters. The first-order chi connectivity index (χ1) is 20.3. The Kier molecular flexibility index (Phi) is 11.0. The van der Waals surface area contributed by atoms with Crippen molar-refractivity contribution in [2.24, 2.45) is 0 Å². The summed E-state index contributed by atoms with van der Waals surface area (Å²) in [4.78, 5) is 29.3. The zero-order valence-corrected chi connectivity index (χ0v) is 25.3. The molecule has 1 aliphatic carbocycles. The van der Waals surface area contributed by atoms with Crippen molar-refractivity contribution in [2.45, 2.75) is 69.4 Å². The molecule has 9 heteroatoms. The Bertz CT molecular complexity index is 1390. The maximum absolute atomic E-state index is 14.2. The molecule has 0 aromatic heterocycles. The number of hydrogen-bond acceptors (Lipinski definition) is 5. The van der Waals surface area contributed by atoms with E-state index in [0.717, 1.165) is 35.6 Å². The van der Waals surface area contributed by atoms with Crippen molar-refractivity contribution >= 4 is 27.5 Å². The highest BCUT2D eigenvalue weighted by Crippen LogP contribution is 2.27. The van der Waals surface area contributed by atoms with Gasteiger partial charge in [-0.25, -0.2) is 8.42 Å². The molecule has 4 rings (SSSR count). The van der Waals surface area contributed by atoms with Crippen LogP contribution in [0.3, 0.4) is 0 Å². The lowest BCUT2D eigenvalue weighted by Crippen LogP contribution is -2.54. The number of benzene rings is 3. The third kappa shape index (κ3) is 7.91. The molecule has 2 amide bonds. The number of hydrogen-bond donors (Lipinski definition) is 1. The molecule has 1 fully saturated rings. The Morgan fingerprint density at radius 3 is 2.12 bits per heavy atom. The average molecular weight is 592 g/mol. The van der Waals surface area contributed by atoms with Gasteiger partial charge in [0.05, 0.1) is 17.2 Å². The van der Waals surface area contributed by atoms with Gasteiger partial charge in [0.25, 0.3) is 10.0 Å². The standard InChI is InChI=1S/C33H41N3O5S/c1-3-31(33(38)34-27-15-11-12-16-27)35(24-23-26-13-7-5-8-14-26)32(37)25-36(28-19-21-29(22-20-28)41-4-2)42(39,40)30-17-9-6-10-18-30/h5-10,13-14,17-22,27,31H,3-4,11-12,15-16,23-25H2,1-2H3,(H,34,38)/t31-/m0/s1. The van der Waals surface area contributed by atoms with Crippen LogP contribution in [0.2, 0.25) is 0 Å². The highest BCUT2D eigenvalue weighted by atomic mass is 32.2. The van der Waals surface area contributed by atoms with E-state index in [1.54, 1.807) is 47.4 Å². The molecule has 3 aromatic rings. The number of nitrogens with one attached hydrogen (secondary N) is 1. The number of amides is 2. The fourth-order valence-corrected chi connectivity index (χ4v) is 6.82. The first kappa shape index (κ1) is 31.1. The first-order valence-corrected chi connectivity index (χ1v) is 16.2. The lowest BCUT2D eigenvalue weighted by atomic mass is 10.1. The smallest absolute Gasteiger partial charge is 0.264 e. The molecule has 0 saturated heterocycles. The average Bonchev–Trinajstić information content (AvgIpc) is 3.52. The predicted octanol–water partition coefficient (Wildman–Crippen LogP) is 5.19. The van der Waals surface area contributed by atoms with Gasteiger partial charge in [-0.1, -0.05) is 68.3 Å². The molecule has 0 heterocycles. The van der Waals surface area contributed by atoms with Crippen LogP contribution in [0.15, 0.2) is 89.8 Å². The first-order valence-electron chi connectivity index (χ1n) is 14.8. The van der Waals surface area contributed by atoms with Crippen LogP contribution in [0.25, 0.3) is 0 Å². The van der Waals surface area contributed by atoms with Gasteiger partial charge < -0.3 is 15.0 Å². The number of carbonyl (C=O) groups excluding carboxylic acids is 2. The number of ether oxygens (including phenoxy) is 1.